The van der Waals surface area contributed by atoms with Crippen LogP contribution in [0.1, 0.15) is 60.8 Å². The molecule has 0 aliphatic rings. The molecule has 0 amide bonds. The van der Waals surface area contributed by atoms with Crippen LogP contribution in [0, 0.1) is 0 Å². The highest BCUT2D eigenvalue weighted by Gasteiger charge is 2.41. The molecule has 0 aliphatic heterocycles. The van der Waals surface area contributed by atoms with Gasteiger partial charge in [0.15, 0.2) is 0 Å². The van der Waals surface area contributed by atoms with E-state index in [1.165, 1.54) is 0 Å². The van der Waals surface area contributed by atoms with Gasteiger partial charge in [-0.2, -0.15) is 0 Å². The average Bonchev–Trinajstić information content (AvgIpc) is 2.51. The molecule has 0 aromatic rings. The maximum Gasteiger partial charge on any atom is 0.497 e. The van der Waals surface area contributed by atoms with Crippen LogP contribution in [0.3, 0.4) is 0 Å². The molecule has 0 aromatic heterocycles. The Labute approximate surface area is 149 Å². The lowest BCUT2D eigenvalue weighted by atomic mass is 10.2. The minimum absolute atomic E-state index is 0.181. The molecular formula is C17H38O6Si. The van der Waals surface area contributed by atoms with Gasteiger partial charge in [-0.1, -0.05) is 13.8 Å². The molecule has 0 saturated carbocycles. The SMILES string of the molecule is CCCO[Si](C)(OCCC)OC(C)CC(OCC)(OCC)OCC. The first kappa shape index (κ1) is 24.0. The Morgan fingerprint density at radius 3 is 1.54 bits per heavy atom. The van der Waals surface area contributed by atoms with Gasteiger partial charge in [0.1, 0.15) is 0 Å². The van der Waals surface area contributed by atoms with Crippen molar-refractivity contribution in [1.82, 2.24) is 0 Å². The van der Waals surface area contributed by atoms with E-state index < -0.39 is 14.8 Å². The zero-order chi connectivity index (χ0) is 18.5. The van der Waals surface area contributed by atoms with Crippen molar-refractivity contribution in [2.45, 2.75) is 79.4 Å². The lowest BCUT2D eigenvalue weighted by molar-refractivity contribution is -0.384. The fraction of sp³-hybridized carbons (Fsp3) is 1.00. The number of hydrogen-bond donors (Lipinski definition) is 0. The predicted molar refractivity (Wildman–Crippen MR) is 96.9 cm³/mol. The molecule has 0 fully saturated rings. The van der Waals surface area contributed by atoms with Crippen LogP contribution < -0.4 is 0 Å². The van der Waals surface area contributed by atoms with Crippen LogP contribution in [0.15, 0.2) is 0 Å². The van der Waals surface area contributed by atoms with E-state index in [0.29, 0.717) is 39.5 Å². The summed E-state index contributed by atoms with van der Waals surface area (Å²) in [6.07, 6.45) is 2.13. The first-order valence-electron chi connectivity index (χ1n) is 9.28. The van der Waals surface area contributed by atoms with Crippen LogP contribution in [-0.2, 0) is 27.5 Å². The summed E-state index contributed by atoms with van der Waals surface area (Å²) in [4.78, 5) is 0. The average molecular weight is 367 g/mol. The third kappa shape index (κ3) is 9.46. The highest BCUT2D eigenvalue weighted by Crippen LogP contribution is 2.26. The lowest BCUT2D eigenvalue weighted by Crippen LogP contribution is -2.49. The summed E-state index contributed by atoms with van der Waals surface area (Å²) in [5.41, 5.74) is 0. The Bertz CT molecular complexity index is 278. The van der Waals surface area contributed by atoms with Gasteiger partial charge in [-0.15, -0.1) is 0 Å². The van der Waals surface area contributed by atoms with Crippen molar-refractivity contribution >= 4 is 8.80 Å². The van der Waals surface area contributed by atoms with Crippen LogP contribution >= 0.6 is 0 Å². The fourth-order valence-electron chi connectivity index (χ4n) is 2.41. The largest absolute Gasteiger partial charge is 0.497 e. The van der Waals surface area contributed by atoms with E-state index in [0.717, 1.165) is 12.8 Å². The van der Waals surface area contributed by atoms with Gasteiger partial charge < -0.3 is 27.5 Å². The number of ether oxygens (including phenoxy) is 3. The predicted octanol–water partition coefficient (Wildman–Crippen LogP) is 3.97. The summed E-state index contributed by atoms with van der Waals surface area (Å²) in [7, 11) is -2.69. The number of rotatable bonds is 16. The van der Waals surface area contributed by atoms with Gasteiger partial charge in [0, 0.05) is 39.6 Å². The molecule has 1 unspecified atom stereocenters. The Morgan fingerprint density at radius 2 is 1.21 bits per heavy atom. The molecule has 24 heavy (non-hydrogen) atoms. The van der Waals surface area contributed by atoms with Crippen molar-refractivity contribution in [3.8, 4) is 0 Å². The number of hydrogen-bond acceptors (Lipinski definition) is 6. The summed E-state index contributed by atoms with van der Waals surface area (Å²) >= 11 is 0. The summed E-state index contributed by atoms with van der Waals surface area (Å²) in [5, 5.41) is 0. The molecule has 1 atom stereocenters. The van der Waals surface area contributed by atoms with Gasteiger partial charge >= 0.3 is 8.80 Å². The summed E-state index contributed by atoms with van der Waals surface area (Å²) in [5.74, 6) is -1.08. The summed E-state index contributed by atoms with van der Waals surface area (Å²) < 4.78 is 35.3. The van der Waals surface area contributed by atoms with Crippen LogP contribution in [-0.4, -0.2) is 53.9 Å². The summed E-state index contributed by atoms with van der Waals surface area (Å²) in [6, 6.07) is 0. The van der Waals surface area contributed by atoms with Crippen LogP contribution in [0.25, 0.3) is 0 Å². The van der Waals surface area contributed by atoms with E-state index in [2.05, 4.69) is 13.8 Å². The minimum atomic E-state index is -2.69. The van der Waals surface area contributed by atoms with E-state index in [1.54, 1.807) is 0 Å². The van der Waals surface area contributed by atoms with Crippen molar-refractivity contribution in [2.24, 2.45) is 0 Å². The topological polar surface area (TPSA) is 55.4 Å². The van der Waals surface area contributed by atoms with E-state index in [9.17, 15) is 0 Å². The molecule has 0 heterocycles. The molecule has 0 aliphatic carbocycles. The zero-order valence-corrected chi connectivity index (χ0v) is 17.7. The van der Waals surface area contributed by atoms with Gasteiger partial charge in [0.05, 0.1) is 12.5 Å². The smallest absolute Gasteiger partial charge is 0.374 e. The van der Waals surface area contributed by atoms with Crippen molar-refractivity contribution in [1.29, 1.82) is 0 Å². The molecule has 0 N–H and O–H groups in total. The van der Waals surface area contributed by atoms with Crippen LogP contribution in [0.4, 0.5) is 0 Å². The van der Waals surface area contributed by atoms with Gasteiger partial charge in [-0.25, -0.2) is 0 Å². The third-order valence-electron chi connectivity index (χ3n) is 3.18. The molecule has 0 aromatic carbocycles. The van der Waals surface area contributed by atoms with Gasteiger partial charge in [-0.05, 0) is 40.5 Å². The van der Waals surface area contributed by atoms with E-state index in [1.807, 2.05) is 34.2 Å². The second kappa shape index (κ2) is 13.2. The molecule has 0 rings (SSSR count). The highest BCUT2D eigenvalue weighted by molar-refractivity contribution is 6.59. The first-order valence-corrected chi connectivity index (χ1v) is 11.5. The first-order chi connectivity index (χ1) is 11.4. The third-order valence-corrected chi connectivity index (χ3v) is 5.47. The van der Waals surface area contributed by atoms with Crippen molar-refractivity contribution in [3.63, 3.8) is 0 Å². The highest BCUT2D eigenvalue weighted by atomic mass is 28.4. The second-order valence-electron chi connectivity index (χ2n) is 5.67. The normalized spacial score (nSPS) is 14.1. The lowest BCUT2D eigenvalue weighted by Gasteiger charge is -2.36. The Morgan fingerprint density at radius 1 is 0.792 bits per heavy atom. The van der Waals surface area contributed by atoms with Gasteiger partial charge in [0.2, 0.25) is 0 Å². The Balaban J connectivity index is 4.93. The molecule has 0 radical (unpaired) electrons. The van der Waals surface area contributed by atoms with Gasteiger partial charge in [0.25, 0.3) is 5.97 Å². The van der Waals surface area contributed by atoms with E-state index >= 15 is 0 Å². The molecule has 6 nitrogen and oxygen atoms in total. The fourth-order valence-corrected chi connectivity index (χ4v) is 4.59. The van der Waals surface area contributed by atoms with Gasteiger partial charge in [-0.3, -0.25) is 0 Å². The Hall–Kier alpha value is -0.0231. The standard InChI is InChI=1S/C17H38O6Si/c1-8-13-21-24(7,22-14-9-2)23-16(6)15-17(18-10-3,19-11-4)20-12-5/h16H,8-15H2,1-7H3. The molecule has 7 heteroatoms. The van der Waals surface area contributed by atoms with E-state index in [4.69, 9.17) is 27.5 Å². The Kier molecular flexibility index (Phi) is 13.2. The van der Waals surface area contributed by atoms with Crippen LogP contribution in [0.2, 0.25) is 6.55 Å². The van der Waals surface area contributed by atoms with Crippen molar-refractivity contribution < 1.29 is 27.5 Å². The molecule has 146 valence electrons. The van der Waals surface area contributed by atoms with E-state index in [-0.39, 0.29) is 6.10 Å². The molecule has 0 spiro atoms. The zero-order valence-electron chi connectivity index (χ0n) is 16.7. The second-order valence-corrected chi connectivity index (χ2v) is 8.21. The maximum atomic E-state index is 6.19. The monoisotopic (exact) mass is 366 g/mol. The van der Waals surface area contributed by atoms with Crippen molar-refractivity contribution in [3.05, 3.63) is 0 Å². The quantitative estimate of drug-likeness (QED) is 0.304. The minimum Gasteiger partial charge on any atom is -0.374 e. The maximum absolute atomic E-state index is 6.19. The van der Waals surface area contributed by atoms with Crippen LogP contribution in [0.5, 0.6) is 0 Å². The summed E-state index contributed by atoms with van der Waals surface area (Å²) in [6.45, 7) is 16.6. The molecule has 0 bridgehead atoms. The molecule has 0 saturated heterocycles. The molecular weight excluding hydrogens is 328 g/mol. The van der Waals surface area contributed by atoms with Crippen molar-refractivity contribution in [2.75, 3.05) is 33.0 Å².